The zero-order valence-electron chi connectivity index (χ0n) is 13.4. The van der Waals surface area contributed by atoms with Gasteiger partial charge < -0.3 is 9.26 Å². The first-order chi connectivity index (χ1) is 11.0. The van der Waals surface area contributed by atoms with Crippen molar-refractivity contribution in [3.8, 4) is 11.5 Å². The van der Waals surface area contributed by atoms with Crippen LogP contribution in [0.3, 0.4) is 0 Å². The molecule has 8 nitrogen and oxygen atoms in total. The number of rotatable bonds is 2. The van der Waals surface area contributed by atoms with E-state index in [1.54, 1.807) is 17.9 Å². The van der Waals surface area contributed by atoms with Gasteiger partial charge in [-0.25, -0.2) is 9.67 Å². The third-order valence-electron chi connectivity index (χ3n) is 4.19. The molecule has 120 valence electrons. The van der Waals surface area contributed by atoms with E-state index in [1.807, 2.05) is 6.07 Å². The second-order valence-corrected chi connectivity index (χ2v) is 6.54. The van der Waals surface area contributed by atoms with Gasteiger partial charge in [-0.2, -0.15) is 4.98 Å². The van der Waals surface area contributed by atoms with Gasteiger partial charge in [0.15, 0.2) is 11.5 Å². The standard InChI is InChI=1S/C15H18N6O2/c1-15(2)7-9(4-5-22-15)12-17-14(23-19-12)10-6-11-13(16-8-10)21(3)20-18-11/h6,8-9H,4-5,7H2,1-3H3. The van der Waals surface area contributed by atoms with Crippen LogP contribution in [0.1, 0.15) is 38.4 Å². The molecule has 0 aromatic carbocycles. The number of nitrogens with zero attached hydrogens (tertiary/aromatic N) is 6. The van der Waals surface area contributed by atoms with Gasteiger partial charge in [0.2, 0.25) is 0 Å². The average Bonchev–Trinajstić information content (AvgIpc) is 3.13. The molecule has 0 amide bonds. The van der Waals surface area contributed by atoms with Crippen molar-refractivity contribution in [2.24, 2.45) is 7.05 Å². The molecule has 1 aliphatic rings. The van der Waals surface area contributed by atoms with Crippen molar-refractivity contribution in [2.45, 2.75) is 38.2 Å². The third kappa shape index (κ3) is 2.59. The lowest BCUT2D eigenvalue weighted by atomic mass is 9.88. The maximum Gasteiger partial charge on any atom is 0.259 e. The highest BCUT2D eigenvalue weighted by Gasteiger charge is 2.32. The number of hydrogen-bond donors (Lipinski definition) is 0. The van der Waals surface area contributed by atoms with Crippen LogP contribution >= 0.6 is 0 Å². The van der Waals surface area contributed by atoms with Crippen molar-refractivity contribution in [2.75, 3.05) is 6.61 Å². The Bertz CT molecular complexity index is 853. The zero-order valence-corrected chi connectivity index (χ0v) is 13.4. The largest absolute Gasteiger partial charge is 0.376 e. The highest BCUT2D eigenvalue weighted by molar-refractivity contribution is 5.74. The summed E-state index contributed by atoms with van der Waals surface area (Å²) in [5.41, 5.74) is 2.03. The Balaban J connectivity index is 1.63. The highest BCUT2D eigenvalue weighted by atomic mass is 16.5. The van der Waals surface area contributed by atoms with Crippen LogP contribution in [0.15, 0.2) is 16.8 Å². The van der Waals surface area contributed by atoms with Crippen molar-refractivity contribution in [1.82, 2.24) is 30.1 Å². The lowest BCUT2D eigenvalue weighted by Gasteiger charge is -2.34. The van der Waals surface area contributed by atoms with Gasteiger partial charge in [0.25, 0.3) is 5.89 Å². The van der Waals surface area contributed by atoms with Gasteiger partial charge in [0, 0.05) is 25.8 Å². The molecule has 3 aromatic heterocycles. The summed E-state index contributed by atoms with van der Waals surface area (Å²) < 4.78 is 12.8. The molecule has 0 saturated carbocycles. The normalized spacial score (nSPS) is 20.9. The molecule has 3 aromatic rings. The third-order valence-corrected chi connectivity index (χ3v) is 4.19. The second kappa shape index (κ2) is 5.09. The molecule has 4 heterocycles. The SMILES string of the molecule is Cn1nnc2cc(-c3nc(C4CCOC(C)(C)C4)no3)cnc21. The van der Waals surface area contributed by atoms with Crippen LogP contribution < -0.4 is 0 Å². The molecule has 0 radical (unpaired) electrons. The first-order valence-electron chi connectivity index (χ1n) is 7.65. The molecule has 1 fully saturated rings. The van der Waals surface area contributed by atoms with Crippen LogP contribution in [0, 0.1) is 0 Å². The van der Waals surface area contributed by atoms with Gasteiger partial charge in [-0.05, 0) is 32.8 Å². The maximum absolute atomic E-state index is 5.75. The summed E-state index contributed by atoms with van der Waals surface area (Å²) in [7, 11) is 1.81. The smallest absolute Gasteiger partial charge is 0.259 e. The number of hydrogen-bond acceptors (Lipinski definition) is 7. The molecule has 1 aliphatic heterocycles. The van der Waals surface area contributed by atoms with Crippen molar-refractivity contribution >= 4 is 11.2 Å². The lowest BCUT2D eigenvalue weighted by Crippen LogP contribution is -2.33. The summed E-state index contributed by atoms with van der Waals surface area (Å²) in [5.74, 6) is 1.45. The maximum atomic E-state index is 5.75. The molecule has 1 unspecified atom stereocenters. The Hall–Kier alpha value is -2.35. The van der Waals surface area contributed by atoms with E-state index in [0.29, 0.717) is 18.0 Å². The molecule has 0 bridgehead atoms. The molecule has 1 saturated heterocycles. The van der Waals surface area contributed by atoms with E-state index in [0.717, 1.165) is 29.9 Å². The minimum absolute atomic E-state index is 0.149. The van der Waals surface area contributed by atoms with Gasteiger partial charge in [-0.1, -0.05) is 10.4 Å². The summed E-state index contributed by atoms with van der Waals surface area (Å²) in [6.45, 7) is 4.90. The van der Waals surface area contributed by atoms with E-state index >= 15 is 0 Å². The molecule has 1 atom stereocenters. The van der Waals surface area contributed by atoms with E-state index in [-0.39, 0.29) is 11.5 Å². The average molecular weight is 314 g/mol. The molecule has 0 N–H and O–H groups in total. The van der Waals surface area contributed by atoms with Crippen LogP contribution in [-0.2, 0) is 11.8 Å². The number of aryl methyl sites for hydroxylation is 1. The molecular formula is C15H18N6O2. The molecule has 0 aliphatic carbocycles. The Morgan fingerprint density at radius 1 is 1.35 bits per heavy atom. The van der Waals surface area contributed by atoms with Gasteiger partial charge in [-0.3, -0.25) is 0 Å². The number of pyridine rings is 1. The van der Waals surface area contributed by atoms with Crippen molar-refractivity contribution < 1.29 is 9.26 Å². The van der Waals surface area contributed by atoms with Crippen LogP contribution in [0.5, 0.6) is 0 Å². The topological polar surface area (TPSA) is 91.8 Å². The van der Waals surface area contributed by atoms with Crippen molar-refractivity contribution in [3.63, 3.8) is 0 Å². The zero-order chi connectivity index (χ0) is 16.0. The lowest BCUT2D eigenvalue weighted by molar-refractivity contribution is -0.0604. The second-order valence-electron chi connectivity index (χ2n) is 6.54. The number of fused-ring (bicyclic) bond motifs is 1. The van der Waals surface area contributed by atoms with E-state index < -0.39 is 0 Å². The van der Waals surface area contributed by atoms with Crippen LogP contribution in [0.25, 0.3) is 22.6 Å². The quantitative estimate of drug-likeness (QED) is 0.715. The van der Waals surface area contributed by atoms with E-state index in [9.17, 15) is 0 Å². The number of ether oxygens (including phenoxy) is 1. The van der Waals surface area contributed by atoms with Gasteiger partial charge in [-0.15, -0.1) is 5.10 Å². The summed E-state index contributed by atoms with van der Waals surface area (Å²) >= 11 is 0. The predicted molar refractivity (Wildman–Crippen MR) is 81.6 cm³/mol. The Kier molecular flexibility index (Phi) is 3.15. The van der Waals surface area contributed by atoms with Gasteiger partial charge in [0.05, 0.1) is 11.2 Å². The Morgan fingerprint density at radius 2 is 2.22 bits per heavy atom. The van der Waals surface area contributed by atoms with Gasteiger partial charge in [0.1, 0.15) is 5.52 Å². The molecule has 23 heavy (non-hydrogen) atoms. The Morgan fingerprint density at radius 3 is 3.04 bits per heavy atom. The van der Waals surface area contributed by atoms with E-state index in [1.165, 1.54) is 0 Å². The molecular weight excluding hydrogens is 296 g/mol. The molecule has 0 spiro atoms. The van der Waals surface area contributed by atoms with Crippen molar-refractivity contribution in [3.05, 3.63) is 18.1 Å². The fourth-order valence-electron chi connectivity index (χ4n) is 3.01. The minimum Gasteiger partial charge on any atom is -0.376 e. The summed E-state index contributed by atoms with van der Waals surface area (Å²) in [4.78, 5) is 8.91. The van der Waals surface area contributed by atoms with Gasteiger partial charge >= 0.3 is 0 Å². The number of aromatic nitrogens is 6. The van der Waals surface area contributed by atoms with Crippen molar-refractivity contribution in [1.29, 1.82) is 0 Å². The van der Waals surface area contributed by atoms with E-state index in [4.69, 9.17) is 9.26 Å². The van der Waals surface area contributed by atoms with Crippen LogP contribution in [0.2, 0.25) is 0 Å². The summed E-state index contributed by atoms with van der Waals surface area (Å²) in [6, 6.07) is 1.86. The fraction of sp³-hybridized carbons (Fsp3) is 0.533. The van der Waals surface area contributed by atoms with E-state index in [2.05, 4.69) is 39.3 Å². The molecule has 8 heteroatoms. The first-order valence-corrected chi connectivity index (χ1v) is 7.65. The molecule has 4 rings (SSSR count). The summed E-state index contributed by atoms with van der Waals surface area (Å²) in [5, 5.41) is 12.2. The van der Waals surface area contributed by atoms with Crippen LogP contribution in [-0.4, -0.2) is 42.3 Å². The monoisotopic (exact) mass is 314 g/mol. The predicted octanol–water partition coefficient (Wildman–Crippen LogP) is 2.09. The minimum atomic E-state index is -0.149. The summed E-state index contributed by atoms with van der Waals surface area (Å²) in [6.07, 6.45) is 3.49. The fourth-order valence-corrected chi connectivity index (χ4v) is 3.01. The Labute approximate surface area is 132 Å². The highest BCUT2D eigenvalue weighted by Crippen LogP contribution is 2.35. The van der Waals surface area contributed by atoms with Crippen LogP contribution in [0.4, 0.5) is 0 Å². The first kappa shape index (κ1) is 14.3.